The number of hydrogen-bond acceptors (Lipinski definition) is 5. The molecule has 1 atom stereocenters. The minimum atomic E-state index is -0.898. The fourth-order valence-electron chi connectivity index (χ4n) is 4.10. The number of fused-ring (bicyclic) bond motifs is 5. The van der Waals surface area contributed by atoms with Crippen molar-refractivity contribution in [1.29, 1.82) is 0 Å². The number of imidazole rings is 1. The summed E-state index contributed by atoms with van der Waals surface area (Å²) in [4.78, 5) is 20.0. The van der Waals surface area contributed by atoms with Crippen LogP contribution in [0.5, 0.6) is 11.5 Å². The van der Waals surface area contributed by atoms with Gasteiger partial charge < -0.3 is 14.5 Å². The fraction of sp³-hybridized carbons (Fsp3) is 0.120. The van der Waals surface area contributed by atoms with Gasteiger partial charge in [-0.15, -0.1) is 0 Å². The second-order valence-corrected chi connectivity index (χ2v) is 8.77. The summed E-state index contributed by atoms with van der Waals surface area (Å²) in [5.41, 5.74) is 2.53. The van der Waals surface area contributed by atoms with Crippen LogP contribution >= 0.6 is 11.9 Å². The highest BCUT2D eigenvalue weighted by Crippen LogP contribution is 2.42. The number of nitrogens with one attached hydrogen (secondary N) is 1. The molecule has 6 nitrogen and oxygen atoms in total. The van der Waals surface area contributed by atoms with E-state index in [1.165, 1.54) is 30.1 Å². The first-order chi connectivity index (χ1) is 16.6. The number of halogens is 2. The van der Waals surface area contributed by atoms with E-state index in [-0.39, 0.29) is 17.7 Å². The van der Waals surface area contributed by atoms with Gasteiger partial charge in [0, 0.05) is 16.7 Å². The van der Waals surface area contributed by atoms with Crippen LogP contribution in [-0.4, -0.2) is 20.2 Å². The minimum Gasteiger partial charge on any atom is -0.451 e. The van der Waals surface area contributed by atoms with Crippen molar-refractivity contribution in [2.24, 2.45) is 0 Å². The molecule has 0 saturated heterocycles. The number of aromatic amines is 1. The third-order valence-electron chi connectivity index (χ3n) is 5.70. The van der Waals surface area contributed by atoms with Crippen LogP contribution in [0, 0.1) is 11.6 Å². The summed E-state index contributed by atoms with van der Waals surface area (Å²) >= 11 is 1.38. The highest BCUT2D eigenvalue weighted by Gasteiger charge is 2.30. The van der Waals surface area contributed by atoms with Gasteiger partial charge in [-0.3, -0.25) is 0 Å². The van der Waals surface area contributed by atoms with Gasteiger partial charge in [-0.2, -0.15) is 0 Å². The van der Waals surface area contributed by atoms with Crippen LogP contribution in [0.3, 0.4) is 0 Å². The van der Waals surface area contributed by atoms with E-state index in [0.717, 1.165) is 5.56 Å². The summed E-state index contributed by atoms with van der Waals surface area (Å²) in [6, 6.07) is 17.1. The molecule has 34 heavy (non-hydrogen) atoms. The highest BCUT2D eigenvalue weighted by molar-refractivity contribution is 7.97. The molecular formula is C25H17F2N3O3S. The SMILES string of the molecule is O=c1[nH]c2cnc3c4c(ccc3c2n1SCc1ccccc1)OC(Cc1c(F)cccc1F)O4. The third-order valence-corrected chi connectivity index (χ3v) is 6.77. The van der Waals surface area contributed by atoms with Crippen molar-refractivity contribution in [1.82, 2.24) is 13.9 Å². The largest absolute Gasteiger partial charge is 0.451 e. The number of aromatic nitrogens is 3. The molecule has 5 aromatic rings. The summed E-state index contributed by atoms with van der Waals surface area (Å²) in [6.07, 6.45) is 0.579. The number of nitrogens with zero attached hydrogens (tertiary/aromatic N) is 2. The lowest BCUT2D eigenvalue weighted by atomic mass is 10.1. The minimum absolute atomic E-state index is 0.0985. The van der Waals surface area contributed by atoms with Crippen molar-refractivity contribution >= 4 is 33.9 Å². The lowest BCUT2D eigenvalue weighted by Crippen LogP contribution is -2.22. The number of ether oxygens (including phenoxy) is 2. The monoisotopic (exact) mass is 477 g/mol. The van der Waals surface area contributed by atoms with Gasteiger partial charge in [-0.05, 0) is 41.8 Å². The molecule has 2 aromatic heterocycles. The van der Waals surface area contributed by atoms with Crippen molar-refractivity contribution in [3.63, 3.8) is 0 Å². The number of pyridine rings is 1. The third kappa shape index (κ3) is 3.49. The average Bonchev–Trinajstić information content (AvgIpc) is 3.40. The Bertz CT molecular complexity index is 1580. The molecule has 3 heterocycles. The van der Waals surface area contributed by atoms with Crippen LogP contribution in [0.1, 0.15) is 11.1 Å². The summed E-state index contributed by atoms with van der Waals surface area (Å²) < 4.78 is 41.6. The molecule has 3 aromatic carbocycles. The normalized spacial score (nSPS) is 14.8. The van der Waals surface area contributed by atoms with E-state index in [9.17, 15) is 13.6 Å². The smallest absolute Gasteiger partial charge is 0.336 e. The Balaban J connectivity index is 1.37. The van der Waals surface area contributed by atoms with Gasteiger partial charge in [-0.25, -0.2) is 22.5 Å². The Morgan fingerprint density at radius 2 is 1.79 bits per heavy atom. The van der Waals surface area contributed by atoms with Crippen molar-refractivity contribution in [3.05, 3.63) is 100 Å². The molecule has 1 aliphatic rings. The standard InChI is InChI=1S/C25H17F2N3O3S/c26-17-7-4-8-18(27)16(17)11-21-32-20-10-9-15-22(24(20)33-21)28-12-19-23(15)30(25(31)29-19)34-13-14-5-2-1-3-6-14/h1-10,12,21H,11,13H2,(H,29,31). The molecule has 0 spiro atoms. The van der Waals surface area contributed by atoms with E-state index in [1.807, 2.05) is 36.4 Å². The zero-order valence-electron chi connectivity index (χ0n) is 17.6. The van der Waals surface area contributed by atoms with Gasteiger partial charge in [0.15, 0.2) is 11.5 Å². The molecule has 1 aliphatic heterocycles. The van der Waals surface area contributed by atoms with Crippen molar-refractivity contribution < 1.29 is 18.3 Å². The number of hydrogen-bond donors (Lipinski definition) is 1. The van der Waals surface area contributed by atoms with E-state index in [1.54, 1.807) is 16.2 Å². The molecule has 0 aliphatic carbocycles. The second-order valence-electron chi connectivity index (χ2n) is 7.86. The van der Waals surface area contributed by atoms with Crippen LogP contribution in [-0.2, 0) is 12.2 Å². The van der Waals surface area contributed by atoms with E-state index in [2.05, 4.69) is 9.97 Å². The topological polar surface area (TPSA) is 69.1 Å². The molecule has 0 saturated carbocycles. The Morgan fingerprint density at radius 3 is 2.59 bits per heavy atom. The van der Waals surface area contributed by atoms with E-state index in [0.29, 0.717) is 39.2 Å². The molecule has 0 bridgehead atoms. The zero-order chi connectivity index (χ0) is 23.2. The molecule has 6 rings (SSSR count). The molecule has 9 heteroatoms. The van der Waals surface area contributed by atoms with Gasteiger partial charge in [0.05, 0.1) is 23.7 Å². The van der Waals surface area contributed by atoms with Crippen molar-refractivity contribution in [2.75, 3.05) is 0 Å². The second kappa shape index (κ2) is 8.18. The van der Waals surface area contributed by atoms with Gasteiger partial charge in [-0.1, -0.05) is 36.4 Å². The first-order valence-electron chi connectivity index (χ1n) is 10.6. The maximum atomic E-state index is 14.1. The van der Waals surface area contributed by atoms with Gasteiger partial charge in [0.25, 0.3) is 0 Å². The van der Waals surface area contributed by atoms with Gasteiger partial charge in [0.2, 0.25) is 6.29 Å². The molecule has 1 unspecified atom stereocenters. The number of benzene rings is 3. The Labute approximate surface area is 196 Å². The molecule has 170 valence electrons. The van der Waals surface area contributed by atoms with Gasteiger partial charge >= 0.3 is 5.69 Å². The molecule has 0 amide bonds. The highest BCUT2D eigenvalue weighted by atomic mass is 32.2. The summed E-state index contributed by atoms with van der Waals surface area (Å²) in [5.74, 6) is 0.120. The van der Waals surface area contributed by atoms with Gasteiger partial charge in [0.1, 0.15) is 17.2 Å². The quantitative estimate of drug-likeness (QED) is 0.377. The predicted molar refractivity (Wildman–Crippen MR) is 126 cm³/mol. The Kier molecular flexibility index (Phi) is 4.99. The predicted octanol–water partition coefficient (Wildman–Crippen LogP) is 5.19. The Morgan fingerprint density at radius 1 is 1.00 bits per heavy atom. The first-order valence-corrected chi connectivity index (χ1v) is 11.5. The number of H-pyrrole nitrogens is 1. The van der Waals surface area contributed by atoms with Crippen LogP contribution in [0.2, 0.25) is 0 Å². The van der Waals surface area contributed by atoms with E-state index < -0.39 is 17.9 Å². The van der Waals surface area contributed by atoms with Crippen molar-refractivity contribution in [2.45, 2.75) is 18.5 Å². The molecule has 0 fully saturated rings. The first kappa shape index (κ1) is 20.7. The summed E-state index contributed by atoms with van der Waals surface area (Å²) in [7, 11) is 0. The summed E-state index contributed by atoms with van der Waals surface area (Å²) in [6.45, 7) is 0. The van der Waals surface area contributed by atoms with Crippen LogP contribution in [0.4, 0.5) is 8.78 Å². The zero-order valence-corrected chi connectivity index (χ0v) is 18.4. The molecular weight excluding hydrogens is 460 g/mol. The lowest BCUT2D eigenvalue weighted by Gasteiger charge is -2.11. The van der Waals surface area contributed by atoms with Crippen LogP contribution in [0.15, 0.2) is 71.7 Å². The molecule has 0 radical (unpaired) electrons. The lowest BCUT2D eigenvalue weighted by molar-refractivity contribution is 0.0492. The maximum Gasteiger partial charge on any atom is 0.336 e. The fourth-order valence-corrected chi connectivity index (χ4v) is 5.06. The van der Waals surface area contributed by atoms with Crippen molar-refractivity contribution in [3.8, 4) is 11.5 Å². The van der Waals surface area contributed by atoms with Crippen LogP contribution in [0.25, 0.3) is 21.9 Å². The Hall–Kier alpha value is -3.85. The maximum absolute atomic E-state index is 14.1. The van der Waals surface area contributed by atoms with Crippen LogP contribution < -0.4 is 15.2 Å². The van der Waals surface area contributed by atoms with E-state index >= 15 is 0 Å². The number of rotatable bonds is 5. The average molecular weight is 477 g/mol. The summed E-state index contributed by atoms with van der Waals surface area (Å²) in [5, 5.41) is 0.705. The molecule has 1 N–H and O–H groups in total. The van der Waals surface area contributed by atoms with E-state index in [4.69, 9.17) is 9.47 Å².